The van der Waals surface area contributed by atoms with Gasteiger partial charge in [0, 0.05) is 16.9 Å². The molecule has 1 unspecified atom stereocenters. The van der Waals surface area contributed by atoms with E-state index in [1.165, 1.54) is 5.56 Å². The van der Waals surface area contributed by atoms with Crippen LogP contribution >= 0.6 is 0 Å². The number of hydrogen-bond acceptors (Lipinski definition) is 4. The van der Waals surface area contributed by atoms with Crippen LogP contribution in [0.1, 0.15) is 30.0 Å². The predicted octanol–water partition coefficient (Wildman–Crippen LogP) is 3.25. The first-order valence-electron chi connectivity index (χ1n) is 8.16. The summed E-state index contributed by atoms with van der Waals surface area (Å²) in [6.45, 7) is 2.28. The van der Waals surface area contributed by atoms with Crippen LogP contribution in [0.4, 0.5) is 11.4 Å². The molecule has 0 saturated heterocycles. The number of nitrogens with one attached hydrogen (secondary N) is 2. The summed E-state index contributed by atoms with van der Waals surface area (Å²) in [6, 6.07) is 13.9. The molecule has 3 N–H and O–H groups in total. The van der Waals surface area contributed by atoms with E-state index < -0.39 is 12.5 Å². The molecule has 0 aliphatic carbocycles. The fraction of sp³-hybridized carbons (Fsp3) is 0.316. The molecular formula is C19H22N2O3. The standard InChI is InChI=1S/C19H22N2O3/c1-13-7-8-18-16(10-13)17(6-3-9-24-18)20-14-4-2-5-15(11-14)21-19(23)12-22/h2,4-5,7-8,10-11,17,20,22H,3,6,9,12H2,1H3,(H,21,23). The number of carbonyl (C=O) groups is 1. The molecule has 0 bridgehead atoms. The van der Waals surface area contributed by atoms with Gasteiger partial charge in [-0.2, -0.15) is 0 Å². The third-order valence-corrected chi connectivity index (χ3v) is 4.07. The summed E-state index contributed by atoms with van der Waals surface area (Å²) >= 11 is 0. The molecule has 0 aromatic heterocycles. The second-order valence-corrected chi connectivity index (χ2v) is 6.02. The quantitative estimate of drug-likeness (QED) is 0.806. The fourth-order valence-corrected chi connectivity index (χ4v) is 2.94. The van der Waals surface area contributed by atoms with Crippen LogP contribution in [0, 0.1) is 6.92 Å². The Balaban J connectivity index is 1.82. The maximum absolute atomic E-state index is 11.3. The highest BCUT2D eigenvalue weighted by atomic mass is 16.5. The van der Waals surface area contributed by atoms with Crippen LogP contribution < -0.4 is 15.4 Å². The third kappa shape index (κ3) is 3.86. The first-order valence-corrected chi connectivity index (χ1v) is 8.16. The Morgan fingerprint density at radius 2 is 2.08 bits per heavy atom. The van der Waals surface area contributed by atoms with Crippen molar-refractivity contribution in [1.29, 1.82) is 0 Å². The van der Waals surface area contributed by atoms with Crippen molar-refractivity contribution in [1.82, 2.24) is 0 Å². The molecule has 3 rings (SSSR count). The van der Waals surface area contributed by atoms with Gasteiger partial charge in [-0.05, 0) is 44.0 Å². The van der Waals surface area contributed by atoms with E-state index in [1.54, 1.807) is 6.07 Å². The minimum absolute atomic E-state index is 0.159. The summed E-state index contributed by atoms with van der Waals surface area (Å²) in [5.74, 6) is 0.510. The Kier molecular flexibility index (Phi) is 5.01. The first kappa shape index (κ1) is 16.3. The second-order valence-electron chi connectivity index (χ2n) is 6.02. The zero-order chi connectivity index (χ0) is 16.9. The van der Waals surface area contributed by atoms with Crippen molar-refractivity contribution in [2.45, 2.75) is 25.8 Å². The number of hydrogen-bond donors (Lipinski definition) is 3. The molecule has 5 nitrogen and oxygen atoms in total. The van der Waals surface area contributed by atoms with Gasteiger partial charge in [-0.25, -0.2) is 0 Å². The van der Waals surface area contributed by atoms with Gasteiger partial charge >= 0.3 is 0 Å². The van der Waals surface area contributed by atoms with Crippen LogP contribution in [0.3, 0.4) is 0 Å². The Morgan fingerprint density at radius 1 is 1.25 bits per heavy atom. The van der Waals surface area contributed by atoms with Crippen LogP contribution in [0.15, 0.2) is 42.5 Å². The van der Waals surface area contributed by atoms with Crippen LogP contribution in [0.25, 0.3) is 0 Å². The zero-order valence-electron chi connectivity index (χ0n) is 13.7. The number of fused-ring (bicyclic) bond motifs is 1. The van der Waals surface area contributed by atoms with Crippen molar-refractivity contribution in [3.8, 4) is 5.75 Å². The molecule has 1 heterocycles. The van der Waals surface area contributed by atoms with Crippen molar-refractivity contribution >= 4 is 17.3 Å². The van der Waals surface area contributed by atoms with E-state index in [1.807, 2.05) is 24.3 Å². The normalized spacial score (nSPS) is 16.5. The molecule has 1 aliphatic rings. The van der Waals surface area contributed by atoms with Crippen LogP contribution in [0.5, 0.6) is 5.75 Å². The summed E-state index contributed by atoms with van der Waals surface area (Å²) in [7, 11) is 0. The lowest BCUT2D eigenvalue weighted by Crippen LogP contribution is -2.16. The van der Waals surface area contributed by atoms with Gasteiger partial charge in [0.2, 0.25) is 5.91 Å². The smallest absolute Gasteiger partial charge is 0.250 e. The van der Waals surface area contributed by atoms with Crippen molar-refractivity contribution in [3.63, 3.8) is 0 Å². The van der Waals surface area contributed by atoms with E-state index in [2.05, 4.69) is 29.7 Å². The molecular weight excluding hydrogens is 304 g/mol. The molecule has 24 heavy (non-hydrogen) atoms. The van der Waals surface area contributed by atoms with E-state index in [-0.39, 0.29) is 6.04 Å². The maximum Gasteiger partial charge on any atom is 0.250 e. The van der Waals surface area contributed by atoms with Crippen molar-refractivity contribution in [2.24, 2.45) is 0 Å². The van der Waals surface area contributed by atoms with E-state index in [9.17, 15) is 4.79 Å². The number of aliphatic hydroxyl groups is 1. The number of carbonyl (C=O) groups excluding carboxylic acids is 1. The lowest BCUT2D eigenvalue weighted by Gasteiger charge is -2.20. The minimum atomic E-state index is -0.524. The van der Waals surface area contributed by atoms with E-state index in [0.29, 0.717) is 5.69 Å². The van der Waals surface area contributed by atoms with Crippen molar-refractivity contribution < 1.29 is 14.6 Å². The third-order valence-electron chi connectivity index (χ3n) is 4.07. The number of aryl methyl sites for hydroxylation is 1. The SMILES string of the molecule is Cc1ccc2c(c1)C(Nc1cccc(NC(=O)CO)c1)CCCO2. The maximum atomic E-state index is 11.3. The van der Waals surface area contributed by atoms with Gasteiger partial charge in [0.1, 0.15) is 12.4 Å². The van der Waals surface area contributed by atoms with Crippen LogP contribution in [-0.2, 0) is 4.79 Å². The zero-order valence-corrected chi connectivity index (χ0v) is 13.7. The molecule has 1 aliphatic heterocycles. The Labute approximate surface area is 141 Å². The largest absolute Gasteiger partial charge is 0.493 e. The van der Waals surface area contributed by atoms with Gasteiger partial charge in [-0.15, -0.1) is 0 Å². The molecule has 126 valence electrons. The Hall–Kier alpha value is -2.53. The van der Waals surface area contributed by atoms with Gasteiger partial charge in [0.15, 0.2) is 0 Å². The highest BCUT2D eigenvalue weighted by molar-refractivity contribution is 5.91. The minimum Gasteiger partial charge on any atom is -0.493 e. The Morgan fingerprint density at radius 3 is 2.92 bits per heavy atom. The van der Waals surface area contributed by atoms with E-state index in [4.69, 9.17) is 9.84 Å². The Bertz CT molecular complexity index is 730. The van der Waals surface area contributed by atoms with Crippen LogP contribution in [-0.4, -0.2) is 24.2 Å². The lowest BCUT2D eigenvalue weighted by atomic mass is 9.99. The molecule has 0 radical (unpaired) electrons. The average molecular weight is 326 g/mol. The summed E-state index contributed by atoms with van der Waals surface area (Å²) < 4.78 is 5.84. The first-order chi connectivity index (χ1) is 11.7. The summed E-state index contributed by atoms with van der Waals surface area (Å²) in [4.78, 5) is 11.3. The van der Waals surface area contributed by atoms with Crippen molar-refractivity contribution in [3.05, 3.63) is 53.6 Å². The molecule has 2 aromatic carbocycles. The highest BCUT2D eigenvalue weighted by Gasteiger charge is 2.20. The summed E-state index contributed by atoms with van der Waals surface area (Å²) in [6.07, 6.45) is 1.95. The highest BCUT2D eigenvalue weighted by Crippen LogP contribution is 2.34. The number of ether oxygens (including phenoxy) is 1. The summed E-state index contributed by atoms with van der Waals surface area (Å²) in [5, 5.41) is 15.0. The van der Waals surface area contributed by atoms with E-state index >= 15 is 0 Å². The van der Waals surface area contributed by atoms with Crippen molar-refractivity contribution in [2.75, 3.05) is 23.8 Å². The molecule has 0 saturated carbocycles. The molecule has 0 fully saturated rings. The number of aliphatic hydroxyl groups excluding tert-OH is 1. The van der Waals surface area contributed by atoms with Gasteiger partial charge in [0.25, 0.3) is 0 Å². The molecule has 2 aromatic rings. The summed E-state index contributed by atoms with van der Waals surface area (Å²) in [5.41, 5.74) is 3.95. The number of rotatable bonds is 4. The number of amides is 1. The number of benzene rings is 2. The monoisotopic (exact) mass is 326 g/mol. The average Bonchev–Trinajstić information content (AvgIpc) is 2.77. The van der Waals surface area contributed by atoms with Crippen LogP contribution in [0.2, 0.25) is 0 Å². The fourth-order valence-electron chi connectivity index (χ4n) is 2.94. The van der Waals surface area contributed by atoms with Gasteiger partial charge < -0.3 is 20.5 Å². The topological polar surface area (TPSA) is 70.6 Å². The van der Waals surface area contributed by atoms with Gasteiger partial charge in [-0.1, -0.05) is 23.8 Å². The molecule has 1 amide bonds. The number of anilines is 2. The van der Waals surface area contributed by atoms with Gasteiger partial charge in [-0.3, -0.25) is 4.79 Å². The molecule has 5 heteroatoms. The van der Waals surface area contributed by atoms with Gasteiger partial charge in [0.05, 0.1) is 12.6 Å². The molecule has 0 spiro atoms. The predicted molar refractivity (Wildman–Crippen MR) is 94.4 cm³/mol. The molecule has 1 atom stereocenters. The second kappa shape index (κ2) is 7.36. The van der Waals surface area contributed by atoms with E-state index in [0.717, 1.165) is 36.4 Å². The lowest BCUT2D eigenvalue weighted by molar-refractivity contribution is -0.118.